The monoisotopic (exact) mass is 230 g/mol. The van der Waals surface area contributed by atoms with Crippen LogP contribution in [0.1, 0.15) is 10.4 Å². The summed E-state index contributed by atoms with van der Waals surface area (Å²) in [6.07, 6.45) is -1.01. The van der Waals surface area contributed by atoms with Crippen LogP contribution in [0.25, 0.3) is 0 Å². The fourth-order valence-corrected chi connectivity index (χ4v) is 1.01. The second-order valence-electron chi connectivity index (χ2n) is 2.95. The van der Waals surface area contributed by atoms with Gasteiger partial charge in [0.1, 0.15) is 24.0 Å². The second kappa shape index (κ2) is 6.78. The lowest BCUT2D eigenvalue weighted by atomic mass is 10.2. The van der Waals surface area contributed by atoms with Crippen LogP contribution in [0.2, 0.25) is 0 Å². The number of ether oxygens (including phenoxy) is 1. The van der Waals surface area contributed by atoms with Gasteiger partial charge in [-0.2, -0.15) is 0 Å². The quantitative estimate of drug-likeness (QED) is 0.617. The van der Waals surface area contributed by atoms with Crippen molar-refractivity contribution in [2.75, 3.05) is 13.2 Å². The molecular weight excluding hydrogens is 216 g/mol. The number of carboxylic acids is 1. The second-order valence-corrected chi connectivity index (χ2v) is 2.95. The summed E-state index contributed by atoms with van der Waals surface area (Å²) in [5.74, 6) is -0.915. The van der Waals surface area contributed by atoms with E-state index in [0.717, 1.165) is 0 Å². The Balaban J connectivity index is 0.00000225. The van der Waals surface area contributed by atoms with Crippen molar-refractivity contribution in [1.29, 1.82) is 0 Å². The first-order valence-corrected chi connectivity index (χ1v) is 4.39. The van der Waals surface area contributed by atoms with E-state index in [4.69, 9.17) is 20.1 Å². The lowest BCUT2D eigenvalue weighted by Gasteiger charge is -2.11. The summed E-state index contributed by atoms with van der Waals surface area (Å²) in [7, 11) is 0. The Bertz CT molecular complexity index is 338. The predicted molar refractivity (Wildman–Crippen MR) is 55.6 cm³/mol. The number of aromatic carboxylic acids is 1. The maximum Gasteiger partial charge on any atom is 0.339 e. The summed E-state index contributed by atoms with van der Waals surface area (Å²) in [5, 5.41) is 26.4. The molecule has 16 heavy (non-hydrogen) atoms. The summed E-state index contributed by atoms with van der Waals surface area (Å²) < 4.78 is 5.06. The molecule has 0 saturated carbocycles. The molecule has 0 aliphatic heterocycles. The normalized spacial score (nSPS) is 11.4. The molecule has 0 saturated heterocycles. The van der Waals surface area contributed by atoms with Crippen molar-refractivity contribution in [3.05, 3.63) is 29.8 Å². The molecule has 0 heterocycles. The van der Waals surface area contributed by atoms with Crippen molar-refractivity contribution in [2.45, 2.75) is 6.10 Å². The topological polar surface area (TPSA) is 118 Å². The van der Waals surface area contributed by atoms with Crippen LogP contribution in [0.5, 0.6) is 5.75 Å². The molecular formula is C10H14O6. The van der Waals surface area contributed by atoms with Gasteiger partial charge in [0.05, 0.1) is 6.61 Å². The minimum atomic E-state index is -1.09. The lowest BCUT2D eigenvalue weighted by molar-refractivity contribution is 0.0519. The van der Waals surface area contributed by atoms with Gasteiger partial charge in [0.2, 0.25) is 0 Å². The average molecular weight is 230 g/mol. The first-order chi connectivity index (χ1) is 7.15. The van der Waals surface area contributed by atoms with E-state index in [9.17, 15) is 4.79 Å². The number of carbonyl (C=O) groups is 1. The maximum atomic E-state index is 10.7. The fourth-order valence-electron chi connectivity index (χ4n) is 1.01. The molecule has 0 aliphatic rings. The zero-order chi connectivity index (χ0) is 11.3. The third kappa shape index (κ3) is 3.85. The molecule has 0 aromatic heterocycles. The minimum absolute atomic E-state index is 0. The Morgan fingerprint density at radius 3 is 2.56 bits per heavy atom. The van der Waals surface area contributed by atoms with Crippen molar-refractivity contribution < 1.29 is 30.3 Å². The molecule has 0 spiro atoms. The fraction of sp³-hybridized carbons (Fsp3) is 0.300. The maximum absolute atomic E-state index is 10.7. The molecule has 1 rings (SSSR count). The van der Waals surface area contributed by atoms with Crippen molar-refractivity contribution >= 4 is 5.97 Å². The summed E-state index contributed by atoms with van der Waals surface area (Å²) in [6.45, 7) is -0.559. The van der Waals surface area contributed by atoms with E-state index < -0.39 is 18.7 Å². The lowest BCUT2D eigenvalue weighted by Crippen LogP contribution is -2.21. The smallest absolute Gasteiger partial charge is 0.339 e. The van der Waals surface area contributed by atoms with Gasteiger partial charge in [-0.1, -0.05) is 12.1 Å². The van der Waals surface area contributed by atoms with E-state index in [2.05, 4.69) is 0 Å². The summed E-state index contributed by atoms with van der Waals surface area (Å²) in [5.41, 5.74) is 0.0302. The molecule has 0 bridgehead atoms. The Hall–Kier alpha value is -1.63. The number of benzene rings is 1. The summed E-state index contributed by atoms with van der Waals surface area (Å²) in [4.78, 5) is 10.7. The molecule has 5 N–H and O–H groups in total. The molecule has 0 aliphatic carbocycles. The van der Waals surface area contributed by atoms with Gasteiger partial charge in [0, 0.05) is 0 Å². The molecule has 1 unspecified atom stereocenters. The van der Waals surface area contributed by atoms with Crippen LogP contribution >= 0.6 is 0 Å². The average Bonchev–Trinajstić information content (AvgIpc) is 2.26. The van der Waals surface area contributed by atoms with E-state index in [1.807, 2.05) is 0 Å². The van der Waals surface area contributed by atoms with E-state index in [0.29, 0.717) is 0 Å². The highest BCUT2D eigenvalue weighted by Gasteiger charge is 2.11. The molecule has 1 atom stereocenters. The Labute approximate surface area is 92.0 Å². The van der Waals surface area contributed by atoms with Gasteiger partial charge in [-0.3, -0.25) is 0 Å². The van der Waals surface area contributed by atoms with Crippen molar-refractivity contribution in [3.8, 4) is 5.75 Å². The molecule has 1 aromatic carbocycles. The van der Waals surface area contributed by atoms with Crippen LogP contribution in [0.15, 0.2) is 24.3 Å². The van der Waals surface area contributed by atoms with Crippen LogP contribution in [0.3, 0.4) is 0 Å². The van der Waals surface area contributed by atoms with Crippen LogP contribution < -0.4 is 4.74 Å². The van der Waals surface area contributed by atoms with Gasteiger partial charge in [-0.15, -0.1) is 0 Å². The van der Waals surface area contributed by atoms with E-state index in [1.165, 1.54) is 12.1 Å². The number of carboxylic acid groups (broad SMARTS) is 1. The first-order valence-electron chi connectivity index (χ1n) is 4.39. The first kappa shape index (κ1) is 14.4. The van der Waals surface area contributed by atoms with Crippen LogP contribution in [-0.4, -0.2) is 46.1 Å². The van der Waals surface area contributed by atoms with E-state index in [1.54, 1.807) is 12.1 Å². The van der Waals surface area contributed by atoms with Crippen molar-refractivity contribution in [2.24, 2.45) is 0 Å². The number of rotatable bonds is 5. The molecule has 6 heteroatoms. The van der Waals surface area contributed by atoms with Crippen molar-refractivity contribution in [3.63, 3.8) is 0 Å². The van der Waals surface area contributed by atoms with Crippen molar-refractivity contribution in [1.82, 2.24) is 0 Å². The SMILES string of the molecule is O.O=C(O)c1ccccc1OCC(O)CO. The van der Waals surface area contributed by atoms with Gasteiger partial charge in [-0.25, -0.2) is 4.79 Å². The van der Waals surface area contributed by atoms with Crippen LogP contribution in [0.4, 0.5) is 0 Å². The highest BCUT2D eigenvalue weighted by atomic mass is 16.5. The zero-order valence-electron chi connectivity index (χ0n) is 8.46. The molecule has 6 nitrogen and oxygen atoms in total. The highest BCUT2D eigenvalue weighted by molar-refractivity contribution is 5.90. The largest absolute Gasteiger partial charge is 0.490 e. The predicted octanol–water partition coefficient (Wildman–Crippen LogP) is -0.708. The van der Waals surface area contributed by atoms with Gasteiger partial charge < -0.3 is 25.5 Å². The summed E-state index contributed by atoms with van der Waals surface area (Å²) >= 11 is 0. The van der Waals surface area contributed by atoms with Gasteiger partial charge >= 0.3 is 5.97 Å². The number of hydrogen-bond acceptors (Lipinski definition) is 4. The van der Waals surface area contributed by atoms with E-state index in [-0.39, 0.29) is 23.4 Å². The van der Waals surface area contributed by atoms with E-state index >= 15 is 0 Å². The van der Waals surface area contributed by atoms with Gasteiger partial charge in [-0.05, 0) is 12.1 Å². The van der Waals surface area contributed by atoms with Gasteiger partial charge in [0.25, 0.3) is 0 Å². The molecule has 0 fully saturated rings. The zero-order valence-corrected chi connectivity index (χ0v) is 8.46. The molecule has 0 amide bonds. The summed E-state index contributed by atoms with van der Waals surface area (Å²) in [6, 6.07) is 6.11. The minimum Gasteiger partial charge on any atom is -0.490 e. The Morgan fingerprint density at radius 2 is 2.00 bits per heavy atom. The van der Waals surface area contributed by atoms with Crippen LogP contribution in [-0.2, 0) is 0 Å². The molecule has 0 radical (unpaired) electrons. The molecule has 90 valence electrons. The third-order valence-electron chi connectivity index (χ3n) is 1.76. The number of aliphatic hydroxyl groups is 2. The Kier molecular flexibility index (Phi) is 6.09. The highest BCUT2D eigenvalue weighted by Crippen LogP contribution is 2.17. The standard InChI is InChI=1S/C10H12O5.H2O/c11-5-7(12)6-15-9-4-2-1-3-8(9)10(13)14;/h1-4,7,11-12H,5-6H2,(H,13,14);1H2. The van der Waals surface area contributed by atoms with Crippen LogP contribution in [0, 0.1) is 0 Å². The van der Waals surface area contributed by atoms with Gasteiger partial charge in [0.15, 0.2) is 0 Å². The Morgan fingerprint density at radius 1 is 1.38 bits per heavy atom. The molecule has 1 aromatic rings. The number of para-hydroxylation sites is 1. The number of hydrogen-bond donors (Lipinski definition) is 3. The number of aliphatic hydroxyl groups excluding tert-OH is 2. The third-order valence-corrected chi connectivity index (χ3v) is 1.76.